The molecule has 150 valence electrons. The highest BCUT2D eigenvalue weighted by Crippen LogP contribution is 2.22. The van der Waals surface area contributed by atoms with E-state index in [-0.39, 0.29) is 17.9 Å². The Morgan fingerprint density at radius 2 is 1.79 bits per heavy atom. The number of benzene rings is 2. The summed E-state index contributed by atoms with van der Waals surface area (Å²) >= 11 is 0. The summed E-state index contributed by atoms with van der Waals surface area (Å²) in [5.41, 5.74) is 14.7. The highest BCUT2D eigenvalue weighted by molar-refractivity contribution is 5.96. The molecule has 2 aromatic rings. The van der Waals surface area contributed by atoms with Crippen molar-refractivity contribution in [3.05, 3.63) is 65.7 Å². The fraction of sp³-hybridized carbons (Fsp3) is 0.286. The lowest BCUT2D eigenvalue weighted by atomic mass is 10.0. The van der Waals surface area contributed by atoms with Crippen LogP contribution in [0.1, 0.15) is 41.7 Å². The fourth-order valence-corrected chi connectivity index (χ4v) is 3.46. The molecule has 0 bridgehead atoms. The lowest BCUT2D eigenvalue weighted by Crippen LogP contribution is -2.50. The SMILES string of the molecule is CC1=NN(c2ccc(C(=O)NNC(=O)C3CC(c4ccccc4)NN3)cc2)CC1. The number of nitrogens with one attached hydrogen (secondary N) is 4. The topological polar surface area (TPSA) is 97.9 Å². The molecule has 2 aromatic carbocycles. The molecule has 2 unspecified atom stereocenters. The third kappa shape index (κ3) is 4.44. The molecule has 0 aliphatic carbocycles. The number of hydrazone groups is 1. The van der Waals surface area contributed by atoms with Crippen molar-refractivity contribution < 1.29 is 9.59 Å². The Bertz CT molecular complexity index is 913. The molecule has 1 saturated heterocycles. The molecule has 2 heterocycles. The van der Waals surface area contributed by atoms with Crippen LogP contribution in [0.3, 0.4) is 0 Å². The van der Waals surface area contributed by atoms with Crippen LogP contribution in [0.25, 0.3) is 0 Å². The number of carbonyl (C=O) groups is 2. The molecule has 2 aliphatic heterocycles. The average Bonchev–Trinajstić information content (AvgIpc) is 3.42. The van der Waals surface area contributed by atoms with Crippen LogP contribution in [-0.2, 0) is 4.79 Å². The van der Waals surface area contributed by atoms with Gasteiger partial charge in [0.05, 0.1) is 5.69 Å². The van der Waals surface area contributed by atoms with Crippen LogP contribution < -0.4 is 26.7 Å². The predicted molar refractivity (Wildman–Crippen MR) is 111 cm³/mol. The number of nitrogens with zero attached hydrogens (tertiary/aromatic N) is 2. The van der Waals surface area contributed by atoms with E-state index in [1.54, 1.807) is 12.1 Å². The number of rotatable bonds is 4. The smallest absolute Gasteiger partial charge is 0.269 e. The Hall–Kier alpha value is -3.23. The lowest BCUT2D eigenvalue weighted by Gasteiger charge is -2.14. The Kier molecular flexibility index (Phi) is 5.55. The first-order chi connectivity index (χ1) is 14.1. The number of amides is 2. The van der Waals surface area contributed by atoms with Gasteiger partial charge >= 0.3 is 0 Å². The van der Waals surface area contributed by atoms with Crippen molar-refractivity contribution in [2.75, 3.05) is 11.6 Å². The van der Waals surface area contributed by atoms with Gasteiger partial charge in [-0.25, -0.2) is 10.9 Å². The van der Waals surface area contributed by atoms with Crippen molar-refractivity contribution in [2.45, 2.75) is 31.8 Å². The van der Waals surface area contributed by atoms with Crippen LogP contribution >= 0.6 is 0 Å². The normalized spacial score (nSPS) is 21.0. The van der Waals surface area contributed by atoms with Gasteiger partial charge in [-0.3, -0.25) is 25.4 Å². The van der Waals surface area contributed by atoms with Gasteiger partial charge < -0.3 is 0 Å². The summed E-state index contributed by atoms with van der Waals surface area (Å²) in [6, 6.07) is 16.7. The van der Waals surface area contributed by atoms with Gasteiger partial charge in [-0.15, -0.1) is 0 Å². The van der Waals surface area contributed by atoms with Crippen LogP contribution in [0.5, 0.6) is 0 Å². The maximum Gasteiger partial charge on any atom is 0.269 e. The quantitative estimate of drug-likeness (QED) is 0.593. The number of carbonyl (C=O) groups excluding carboxylic acids is 2. The molecule has 0 radical (unpaired) electrons. The third-order valence-corrected chi connectivity index (χ3v) is 5.13. The number of hydrogen-bond acceptors (Lipinski definition) is 6. The summed E-state index contributed by atoms with van der Waals surface area (Å²) in [4.78, 5) is 24.7. The number of hydrogen-bond donors (Lipinski definition) is 4. The zero-order valence-electron chi connectivity index (χ0n) is 16.2. The minimum atomic E-state index is -0.431. The largest absolute Gasteiger partial charge is 0.271 e. The summed E-state index contributed by atoms with van der Waals surface area (Å²) in [6.45, 7) is 2.85. The molecule has 4 rings (SSSR count). The van der Waals surface area contributed by atoms with Crippen molar-refractivity contribution in [3.8, 4) is 0 Å². The summed E-state index contributed by atoms with van der Waals surface area (Å²) < 4.78 is 0. The van der Waals surface area contributed by atoms with E-state index < -0.39 is 6.04 Å². The van der Waals surface area contributed by atoms with Crippen LogP contribution in [0.4, 0.5) is 5.69 Å². The standard InChI is InChI=1S/C21H24N6O2/c1-14-11-12-27(26-14)17-9-7-16(8-10-17)20(28)24-25-21(29)19-13-18(22-23-19)15-5-3-2-4-6-15/h2-10,18-19,22-23H,11-13H2,1H3,(H,24,28)(H,25,29). The summed E-state index contributed by atoms with van der Waals surface area (Å²) in [5, 5.41) is 6.36. The van der Waals surface area contributed by atoms with E-state index in [9.17, 15) is 9.59 Å². The average molecular weight is 392 g/mol. The van der Waals surface area contributed by atoms with Gasteiger partial charge in [0.2, 0.25) is 0 Å². The first kappa shape index (κ1) is 19.1. The molecule has 2 aliphatic rings. The first-order valence-electron chi connectivity index (χ1n) is 9.68. The van der Waals surface area contributed by atoms with Crippen LogP contribution in [0, 0.1) is 0 Å². The van der Waals surface area contributed by atoms with Gasteiger partial charge in [0.15, 0.2) is 0 Å². The van der Waals surface area contributed by atoms with Gasteiger partial charge in [-0.05, 0) is 43.2 Å². The molecule has 4 N–H and O–H groups in total. The van der Waals surface area contributed by atoms with Gasteiger partial charge in [0.25, 0.3) is 11.8 Å². The highest BCUT2D eigenvalue weighted by atomic mass is 16.2. The summed E-state index contributed by atoms with van der Waals surface area (Å²) in [7, 11) is 0. The van der Waals surface area contributed by atoms with Gasteiger partial charge in [0, 0.05) is 30.3 Å². The summed E-state index contributed by atoms with van der Waals surface area (Å²) in [5.74, 6) is -0.653. The van der Waals surface area contributed by atoms with Gasteiger partial charge in [-0.2, -0.15) is 5.10 Å². The Labute approximate surface area is 169 Å². The molecule has 2 atom stereocenters. The van der Waals surface area contributed by atoms with Crippen LogP contribution in [0.15, 0.2) is 59.7 Å². The molecule has 8 heteroatoms. The minimum Gasteiger partial charge on any atom is -0.271 e. The van der Waals surface area contributed by atoms with Crippen LogP contribution in [0.2, 0.25) is 0 Å². The van der Waals surface area contributed by atoms with E-state index in [0.29, 0.717) is 12.0 Å². The molecule has 2 amide bonds. The molecule has 0 saturated carbocycles. The third-order valence-electron chi connectivity index (χ3n) is 5.13. The van der Waals surface area contributed by atoms with E-state index >= 15 is 0 Å². The van der Waals surface area contributed by atoms with E-state index in [1.807, 2.05) is 54.4 Å². The highest BCUT2D eigenvalue weighted by Gasteiger charge is 2.30. The zero-order valence-corrected chi connectivity index (χ0v) is 16.2. The fourth-order valence-electron chi connectivity index (χ4n) is 3.46. The van der Waals surface area contributed by atoms with E-state index in [0.717, 1.165) is 29.9 Å². The van der Waals surface area contributed by atoms with Crippen molar-refractivity contribution in [1.82, 2.24) is 21.7 Å². The van der Waals surface area contributed by atoms with Crippen molar-refractivity contribution in [1.29, 1.82) is 0 Å². The molecular formula is C21H24N6O2. The first-order valence-corrected chi connectivity index (χ1v) is 9.68. The van der Waals surface area contributed by atoms with Crippen LogP contribution in [-0.4, -0.2) is 30.1 Å². The second kappa shape index (κ2) is 8.42. The maximum absolute atomic E-state index is 12.4. The molecule has 0 spiro atoms. The predicted octanol–water partition coefficient (Wildman–Crippen LogP) is 1.64. The van der Waals surface area contributed by atoms with E-state index in [2.05, 4.69) is 26.8 Å². The van der Waals surface area contributed by atoms with Crippen molar-refractivity contribution in [2.24, 2.45) is 5.10 Å². The maximum atomic E-state index is 12.4. The molecule has 1 fully saturated rings. The second-order valence-electron chi connectivity index (χ2n) is 7.24. The molecule has 29 heavy (non-hydrogen) atoms. The van der Waals surface area contributed by atoms with E-state index in [1.165, 1.54) is 0 Å². The van der Waals surface area contributed by atoms with Crippen molar-refractivity contribution in [3.63, 3.8) is 0 Å². The lowest BCUT2D eigenvalue weighted by molar-refractivity contribution is -0.123. The van der Waals surface area contributed by atoms with E-state index in [4.69, 9.17) is 0 Å². The Morgan fingerprint density at radius 1 is 1.03 bits per heavy atom. The molecule has 8 nitrogen and oxygen atoms in total. The number of hydrazine groups is 2. The Morgan fingerprint density at radius 3 is 2.48 bits per heavy atom. The second-order valence-corrected chi connectivity index (χ2v) is 7.24. The van der Waals surface area contributed by atoms with Gasteiger partial charge in [-0.1, -0.05) is 30.3 Å². The number of anilines is 1. The zero-order chi connectivity index (χ0) is 20.2. The van der Waals surface area contributed by atoms with Crippen molar-refractivity contribution >= 4 is 23.2 Å². The molecule has 0 aromatic heterocycles. The Balaban J connectivity index is 1.28. The monoisotopic (exact) mass is 392 g/mol. The minimum absolute atomic E-state index is 0.0482. The summed E-state index contributed by atoms with van der Waals surface area (Å²) in [6.07, 6.45) is 1.54. The molecular weight excluding hydrogens is 368 g/mol. The van der Waals surface area contributed by atoms with Gasteiger partial charge in [0.1, 0.15) is 6.04 Å².